The van der Waals surface area contributed by atoms with Crippen molar-refractivity contribution in [3.05, 3.63) is 54.1 Å². The molecule has 0 amide bonds. The first-order valence-electron chi connectivity index (χ1n) is 8.11. The Hall–Kier alpha value is -1.71. The van der Waals surface area contributed by atoms with Gasteiger partial charge in [0.1, 0.15) is 5.75 Å². The van der Waals surface area contributed by atoms with E-state index < -0.39 is 12.1 Å². The van der Waals surface area contributed by atoms with Crippen molar-refractivity contribution >= 4 is 0 Å². The van der Waals surface area contributed by atoms with Gasteiger partial charge in [-0.3, -0.25) is 0 Å². The highest BCUT2D eigenvalue weighted by atomic mass is 19.4. The Morgan fingerprint density at radius 1 is 1.00 bits per heavy atom. The Morgan fingerprint density at radius 3 is 2.17 bits per heavy atom. The summed E-state index contributed by atoms with van der Waals surface area (Å²) in [6.45, 7) is 0. The zero-order chi connectivity index (χ0) is 16.5. The lowest BCUT2D eigenvalue weighted by Crippen LogP contribution is -2.41. The number of hydrogen-bond donors (Lipinski definition) is 1. The second-order valence-corrected chi connectivity index (χ2v) is 6.67. The number of phenolic OH excluding ortho intramolecular Hbond substituents is 1. The number of allylic oxidation sites excluding steroid dienone is 4. The minimum Gasteiger partial charge on any atom is -0.508 e. The summed E-state index contributed by atoms with van der Waals surface area (Å²) in [6, 6.07) is 7.01. The topological polar surface area (TPSA) is 20.2 Å². The third-order valence-electron chi connectivity index (χ3n) is 5.47. The predicted octanol–water partition coefficient (Wildman–Crippen LogP) is 5.51. The molecule has 3 rings (SSSR count). The van der Waals surface area contributed by atoms with Gasteiger partial charge >= 0.3 is 6.18 Å². The van der Waals surface area contributed by atoms with Crippen LogP contribution in [0.3, 0.4) is 0 Å². The van der Waals surface area contributed by atoms with Crippen LogP contribution >= 0.6 is 0 Å². The average molecular weight is 322 g/mol. The maximum atomic E-state index is 13.0. The molecule has 1 aromatic rings. The summed E-state index contributed by atoms with van der Waals surface area (Å²) in [6.07, 6.45) is 6.38. The van der Waals surface area contributed by atoms with E-state index in [1.54, 1.807) is 12.1 Å². The van der Waals surface area contributed by atoms with Crippen LogP contribution in [0.25, 0.3) is 0 Å². The average Bonchev–Trinajstić information content (AvgIpc) is 2.55. The molecule has 0 aromatic heterocycles. The molecule has 1 saturated carbocycles. The Balaban J connectivity index is 1.91. The van der Waals surface area contributed by atoms with Crippen LogP contribution in [0.4, 0.5) is 13.2 Å². The van der Waals surface area contributed by atoms with E-state index in [2.05, 4.69) is 12.2 Å². The Morgan fingerprint density at radius 2 is 1.65 bits per heavy atom. The van der Waals surface area contributed by atoms with Gasteiger partial charge in [0.15, 0.2) is 0 Å². The molecule has 4 heteroatoms. The van der Waals surface area contributed by atoms with E-state index in [1.807, 2.05) is 24.3 Å². The molecule has 124 valence electrons. The van der Waals surface area contributed by atoms with E-state index in [0.29, 0.717) is 12.8 Å². The predicted molar refractivity (Wildman–Crippen MR) is 84.2 cm³/mol. The normalized spacial score (nSPS) is 31.3. The van der Waals surface area contributed by atoms with Crippen molar-refractivity contribution in [2.45, 2.75) is 43.7 Å². The van der Waals surface area contributed by atoms with Gasteiger partial charge in [0.25, 0.3) is 0 Å². The van der Waals surface area contributed by atoms with Crippen LogP contribution in [0.1, 0.15) is 37.7 Å². The quantitative estimate of drug-likeness (QED) is 0.760. The van der Waals surface area contributed by atoms with Crippen LogP contribution in [0.15, 0.2) is 48.6 Å². The first-order valence-corrected chi connectivity index (χ1v) is 8.11. The van der Waals surface area contributed by atoms with Gasteiger partial charge in [-0.25, -0.2) is 0 Å². The highest BCUT2D eigenvalue weighted by molar-refractivity contribution is 5.35. The summed E-state index contributed by atoms with van der Waals surface area (Å²) in [5.41, 5.74) is 0.775. The molecule has 0 saturated heterocycles. The standard InChI is InChI=1S/C19H21F3O/c20-19(21,22)16-10-12-18(13-11-16,14-4-2-1-3-5-14)15-6-8-17(23)9-7-15/h1-4,6-9,14,16,23H,5,10-13H2/t14?,16-,18-. The Kier molecular flexibility index (Phi) is 4.26. The molecule has 2 aliphatic carbocycles. The van der Waals surface area contributed by atoms with Gasteiger partial charge in [-0.2, -0.15) is 13.2 Å². The maximum Gasteiger partial charge on any atom is 0.391 e. The van der Waals surface area contributed by atoms with Crippen LogP contribution in [0, 0.1) is 11.8 Å². The lowest BCUT2D eigenvalue weighted by molar-refractivity contribution is -0.185. The number of rotatable bonds is 2. The molecule has 1 unspecified atom stereocenters. The lowest BCUT2D eigenvalue weighted by Gasteiger charge is -2.46. The van der Waals surface area contributed by atoms with Gasteiger partial charge in [-0.1, -0.05) is 36.4 Å². The molecule has 1 N–H and O–H groups in total. The summed E-state index contributed by atoms with van der Waals surface area (Å²) in [5.74, 6) is -0.783. The Bertz CT molecular complexity index is 590. The third-order valence-corrected chi connectivity index (χ3v) is 5.47. The van der Waals surface area contributed by atoms with E-state index >= 15 is 0 Å². The molecule has 0 spiro atoms. The van der Waals surface area contributed by atoms with Crippen LogP contribution in [0.5, 0.6) is 5.75 Å². The molecule has 1 fully saturated rings. The number of phenols is 1. The van der Waals surface area contributed by atoms with E-state index in [9.17, 15) is 18.3 Å². The fourth-order valence-electron chi connectivity index (χ4n) is 4.12. The number of aromatic hydroxyl groups is 1. The largest absolute Gasteiger partial charge is 0.508 e. The summed E-state index contributed by atoms with van der Waals surface area (Å²) in [5, 5.41) is 9.52. The van der Waals surface area contributed by atoms with Gasteiger partial charge in [-0.05, 0) is 55.7 Å². The van der Waals surface area contributed by atoms with E-state index in [-0.39, 0.29) is 29.9 Å². The monoisotopic (exact) mass is 322 g/mol. The molecule has 0 radical (unpaired) electrons. The van der Waals surface area contributed by atoms with Gasteiger partial charge in [0.05, 0.1) is 5.92 Å². The Labute approximate surface area is 134 Å². The summed E-state index contributed by atoms with van der Waals surface area (Å²) < 4.78 is 39.1. The fourth-order valence-corrected chi connectivity index (χ4v) is 4.12. The minimum absolute atomic E-state index is 0.179. The molecule has 1 atom stereocenters. The van der Waals surface area contributed by atoms with Crippen molar-refractivity contribution in [2.24, 2.45) is 11.8 Å². The fraction of sp³-hybridized carbons (Fsp3) is 0.474. The zero-order valence-corrected chi connectivity index (χ0v) is 12.9. The minimum atomic E-state index is -4.09. The van der Waals surface area contributed by atoms with Gasteiger partial charge < -0.3 is 5.11 Å². The molecule has 23 heavy (non-hydrogen) atoms. The van der Waals surface area contributed by atoms with Gasteiger partial charge in [0, 0.05) is 5.41 Å². The smallest absolute Gasteiger partial charge is 0.391 e. The highest BCUT2D eigenvalue weighted by Crippen LogP contribution is 2.52. The first kappa shape index (κ1) is 16.2. The number of alkyl halides is 3. The summed E-state index contributed by atoms with van der Waals surface area (Å²) in [7, 11) is 0. The summed E-state index contributed by atoms with van der Waals surface area (Å²) >= 11 is 0. The van der Waals surface area contributed by atoms with Crippen LogP contribution in [0.2, 0.25) is 0 Å². The van der Waals surface area contributed by atoms with Crippen LogP contribution in [-0.4, -0.2) is 11.3 Å². The third kappa shape index (κ3) is 3.17. The van der Waals surface area contributed by atoms with Crippen molar-refractivity contribution in [2.75, 3.05) is 0 Å². The second kappa shape index (κ2) is 6.06. The molecule has 0 heterocycles. The van der Waals surface area contributed by atoms with Crippen molar-refractivity contribution in [1.29, 1.82) is 0 Å². The molecule has 2 aliphatic rings. The zero-order valence-electron chi connectivity index (χ0n) is 12.9. The lowest BCUT2D eigenvalue weighted by atomic mass is 9.59. The molecule has 1 aromatic carbocycles. The summed E-state index contributed by atoms with van der Waals surface area (Å²) in [4.78, 5) is 0. The van der Waals surface area contributed by atoms with Crippen molar-refractivity contribution < 1.29 is 18.3 Å². The van der Waals surface area contributed by atoms with Crippen LogP contribution < -0.4 is 0 Å². The number of hydrogen-bond acceptors (Lipinski definition) is 1. The molecule has 0 bridgehead atoms. The number of benzene rings is 1. The molecular formula is C19H21F3O. The molecule has 1 nitrogen and oxygen atoms in total. The second-order valence-electron chi connectivity index (χ2n) is 6.67. The van der Waals surface area contributed by atoms with Gasteiger partial charge in [0.2, 0.25) is 0 Å². The maximum absolute atomic E-state index is 13.0. The highest BCUT2D eigenvalue weighted by Gasteiger charge is 2.48. The molecule has 0 aliphatic heterocycles. The van der Waals surface area contributed by atoms with Crippen molar-refractivity contribution in [3.63, 3.8) is 0 Å². The van der Waals surface area contributed by atoms with E-state index in [0.717, 1.165) is 12.0 Å². The first-order chi connectivity index (χ1) is 10.9. The van der Waals surface area contributed by atoms with Crippen molar-refractivity contribution in [3.8, 4) is 5.75 Å². The molecular weight excluding hydrogens is 301 g/mol. The van der Waals surface area contributed by atoms with E-state index in [1.165, 1.54) is 0 Å². The van der Waals surface area contributed by atoms with Crippen molar-refractivity contribution in [1.82, 2.24) is 0 Å². The van der Waals surface area contributed by atoms with Gasteiger partial charge in [-0.15, -0.1) is 0 Å². The van der Waals surface area contributed by atoms with E-state index in [4.69, 9.17) is 0 Å². The van der Waals surface area contributed by atoms with Crippen LogP contribution in [-0.2, 0) is 5.41 Å². The number of halogens is 3. The SMILES string of the molecule is Oc1ccc([C@]2(C3C=CC=CC3)CC[C@@H](C(F)(F)F)CC2)cc1.